The largest absolute Gasteiger partial charge is 0.357 e. The lowest BCUT2D eigenvalue weighted by atomic mass is 10.0. The highest BCUT2D eigenvalue weighted by atomic mass is 35.5. The van der Waals surface area contributed by atoms with Gasteiger partial charge in [0.2, 0.25) is 11.8 Å². The smallest absolute Gasteiger partial charge is 0.242 e. The second-order valence-corrected chi connectivity index (χ2v) is 9.30. The van der Waals surface area contributed by atoms with Crippen LogP contribution < -0.4 is 5.32 Å². The number of amides is 2. The Kier molecular flexibility index (Phi) is 9.40. The molecule has 0 fully saturated rings. The minimum absolute atomic E-state index is 0.0721. The van der Waals surface area contributed by atoms with Crippen LogP contribution in [0, 0.1) is 6.92 Å². The van der Waals surface area contributed by atoms with Gasteiger partial charge in [0.05, 0.1) is 5.75 Å². The number of nitrogens with one attached hydrogen (secondary N) is 1. The maximum Gasteiger partial charge on any atom is 0.242 e. The van der Waals surface area contributed by atoms with Crippen molar-refractivity contribution in [1.29, 1.82) is 0 Å². The topological polar surface area (TPSA) is 49.4 Å². The minimum Gasteiger partial charge on any atom is -0.357 e. The third-order valence-electron chi connectivity index (χ3n) is 5.43. The fourth-order valence-corrected chi connectivity index (χ4v) is 4.75. The van der Waals surface area contributed by atoms with Gasteiger partial charge in [-0.3, -0.25) is 9.59 Å². The molecule has 0 aliphatic carbocycles. The zero-order valence-electron chi connectivity index (χ0n) is 19.0. The van der Waals surface area contributed by atoms with Crippen LogP contribution in [0.4, 0.5) is 0 Å². The third kappa shape index (κ3) is 7.37. The van der Waals surface area contributed by atoms with Crippen molar-refractivity contribution in [3.63, 3.8) is 0 Å². The molecule has 4 nitrogen and oxygen atoms in total. The first-order valence-electron chi connectivity index (χ1n) is 10.9. The third-order valence-corrected chi connectivity index (χ3v) is 6.77. The van der Waals surface area contributed by atoms with E-state index in [0.29, 0.717) is 23.7 Å². The van der Waals surface area contributed by atoms with E-state index in [2.05, 4.69) is 5.32 Å². The van der Waals surface area contributed by atoms with E-state index in [9.17, 15) is 9.59 Å². The van der Waals surface area contributed by atoms with Crippen molar-refractivity contribution in [2.75, 3.05) is 12.8 Å². The van der Waals surface area contributed by atoms with Crippen LogP contribution in [0.25, 0.3) is 0 Å². The van der Waals surface area contributed by atoms with Crippen LogP contribution in [-0.2, 0) is 28.3 Å². The Hall–Kier alpha value is -2.76. The minimum atomic E-state index is -0.605. The molecule has 1 atom stereocenters. The molecule has 0 aliphatic heterocycles. The van der Waals surface area contributed by atoms with E-state index in [1.807, 2.05) is 85.8 Å². The van der Waals surface area contributed by atoms with Crippen LogP contribution in [-0.4, -0.2) is 35.6 Å². The van der Waals surface area contributed by atoms with Gasteiger partial charge in [-0.25, -0.2) is 0 Å². The molecule has 0 bridgehead atoms. The van der Waals surface area contributed by atoms with Crippen molar-refractivity contribution in [2.24, 2.45) is 0 Å². The van der Waals surface area contributed by atoms with E-state index in [1.54, 1.807) is 11.9 Å². The molecule has 0 unspecified atom stereocenters. The number of nitrogens with zero attached hydrogens (tertiary/aromatic N) is 1. The number of aryl methyl sites for hydroxylation is 1. The normalized spacial score (nSPS) is 11.6. The molecule has 2 amide bonds. The van der Waals surface area contributed by atoms with Crippen molar-refractivity contribution in [3.8, 4) is 0 Å². The number of rotatable bonds is 10. The summed E-state index contributed by atoms with van der Waals surface area (Å²) >= 11 is 7.77. The summed E-state index contributed by atoms with van der Waals surface area (Å²) in [5.74, 6) is 0.652. The summed E-state index contributed by atoms with van der Waals surface area (Å²) in [6, 6.07) is 24.9. The van der Waals surface area contributed by atoms with Crippen molar-refractivity contribution >= 4 is 35.2 Å². The molecule has 0 spiro atoms. The molecule has 3 aromatic rings. The number of carbonyl (C=O) groups is 2. The van der Waals surface area contributed by atoms with E-state index in [-0.39, 0.29) is 17.6 Å². The Bertz CT molecular complexity index is 1060. The number of hydrogen-bond acceptors (Lipinski definition) is 3. The van der Waals surface area contributed by atoms with E-state index in [0.717, 1.165) is 22.3 Å². The van der Waals surface area contributed by atoms with Gasteiger partial charge in [-0.1, -0.05) is 90.0 Å². The quantitative estimate of drug-likeness (QED) is 0.430. The fourth-order valence-electron chi connectivity index (χ4n) is 3.56. The Labute approximate surface area is 205 Å². The molecule has 33 heavy (non-hydrogen) atoms. The molecule has 0 heterocycles. The lowest BCUT2D eigenvalue weighted by molar-refractivity contribution is -0.139. The second-order valence-electron chi connectivity index (χ2n) is 7.91. The Balaban J connectivity index is 1.80. The maximum atomic E-state index is 13.4. The van der Waals surface area contributed by atoms with Gasteiger partial charge in [0.15, 0.2) is 0 Å². The number of benzene rings is 3. The van der Waals surface area contributed by atoms with E-state index >= 15 is 0 Å². The molecule has 1 N–H and O–H groups in total. The lowest BCUT2D eigenvalue weighted by Gasteiger charge is -2.31. The molecular formula is C27H29ClN2O2S. The number of thioether (sulfide) groups is 1. The summed E-state index contributed by atoms with van der Waals surface area (Å²) < 4.78 is 0. The first-order valence-corrected chi connectivity index (χ1v) is 12.4. The van der Waals surface area contributed by atoms with Gasteiger partial charge in [-0.2, -0.15) is 0 Å². The molecule has 172 valence electrons. The van der Waals surface area contributed by atoms with Crippen molar-refractivity contribution in [2.45, 2.75) is 31.7 Å². The van der Waals surface area contributed by atoms with Crippen LogP contribution in [0.5, 0.6) is 0 Å². The van der Waals surface area contributed by atoms with E-state index in [4.69, 9.17) is 11.6 Å². The predicted octanol–water partition coefficient (Wildman–Crippen LogP) is 5.27. The SMILES string of the molecule is CNC(=O)[C@@H](Cc1ccccc1)N(Cc1ccc(C)cc1)C(=O)CSCc1ccccc1Cl. The Morgan fingerprint density at radius 3 is 2.27 bits per heavy atom. The molecule has 0 saturated carbocycles. The van der Waals surface area contributed by atoms with E-state index < -0.39 is 6.04 Å². The summed E-state index contributed by atoms with van der Waals surface area (Å²) in [5.41, 5.74) is 4.15. The zero-order chi connectivity index (χ0) is 23.6. The highest BCUT2D eigenvalue weighted by molar-refractivity contribution is 7.99. The Morgan fingerprint density at radius 1 is 0.939 bits per heavy atom. The van der Waals surface area contributed by atoms with Gasteiger partial charge < -0.3 is 10.2 Å². The fraction of sp³-hybridized carbons (Fsp3) is 0.259. The van der Waals surface area contributed by atoms with Gasteiger partial charge in [0.25, 0.3) is 0 Å². The number of likely N-dealkylation sites (N-methyl/N-ethyl adjacent to an activating group) is 1. The van der Waals surface area contributed by atoms with Gasteiger partial charge >= 0.3 is 0 Å². The van der Waals surface area contributed by atoms with Crippen LogP contribution >= 0.6 is 23.4 Å². The van der Waals surface area contributed by atoms with Gasteiger partial charge in [0.1, 0.15) is 6.04 Å². The van der Waals surface area contributed by atoms with Crippen LogP contribution in [0.1, 0.15) is 22.3 Å². The molecule has 0 aliphatic rings. The average molecular weight is 481 g/mol. The van der Waals surface area contributed by atoms with Gasteiger partial charge in [-0.15, -0.1) is 11.8 Å². The summed E-state index contributed by atoms with van der Waals surface area (Å²) in [5, 5.41) is 3.44. The number of carbonyl (C=O) groups excluding carboxylic acids is 2. The molecule has 3 rings (SSSR count). The summed E-state index contributed by atoms with van der Waals surface area (Å²) in [6.45, 7) is 2.40. The monoisotopic (exact) mass is 480 g/mol. The molecular weight excluding hydrogens is 452 g/mol. The van der Waals surface area contributed by atoms with Crippen LogP contribution in [0.2, 0.25) is 5.02 Å². The summed E-state index contributed by atoms with van der Waals surface area (Å²) in [6.07, 6.45) is 0.452. The average Bonchev–Trinajstić information content (AvgIpc) is 2.83. The first-order chi connectivity index (χ1) is 16.0. The highest BCUT2D eigenvalue weighted by Crippen LogP contribution is 2.22. The van der Waals surface area contributed by atoms with Crippen molar-refractivity contribution in [3.05, 3.63) is 106 Å². The molecule has 0 aromatic heterocycles. The van der Waals surface area contributed by atoms with Crippen LogP contribution in [0.3, 0.4) is 0 Å². The predicted molar refractivity (Wildman–Crippen MR) is 137 cm³/mol. The summed E-state index contributed by atoms with van der Waals surface area (Å²) in [4.78, 5) is 28.1. The molecule has 6 heteroatoms. The second kappa shape index (κ2) is 12.5. The zero-order valence-corrected chi connectivity index (χ0v) is 20.5. The van der Waals surface area contributed by atoms with Gasteiger partial charge in [-0.05, 0) is 29.7 Å². The first kappa shape index (κ1) is 24.9. The van der Waals surface area contributed by atoms with Crippen molar-refractivity contribution in [1.82, 2.24) is 10.2 Å². The Morgan fingerprint density at radius 2 is 1.61 bits per heavy atom. The van der Waals surface area contributed by atoms with E-state index in [1.165, 1.54) is 11.8 Å². The van der Waals surface area contributed by atoms with Crippen LogP contribution in [0.15, 0.2) is 78.9 Å². The standard InChI is InChI=1S/C27H29ClN2O2S/c1-20-12-14-22(15-13-20)17-30(25(27(32)29-2)16-21-8-4-3-5-9-21)26(31)19-33-18-23-10-6-7-11-24(23)28/h3-15,25H,16-19H2,1-2H3,(H,29,32)/t25-/m1/s1. The van der Waals surface area contributed by atoms with Crippen molar-refractivity contribution < 1.29 is 9.59 Å². The number of hydrogen-bond donors (Lipinski definition) is 1. The number of halogens is 1. The molecule has 0 radical (unpaired) electrons. The molecule has 0 saturated heterocycles. The summed E-state index contributed by atoms with van der Waals surface area (Å²) in [7, 11) is 1.61. The van der Waals surface area contributed by atoms with Gasteiger partial charge in [0, 0.05) is 30.8 Å². The highest BCUT2D eigenvalue weighted by Gasteiger charge is 2.29. The molecule has 3 aromatic carbocycles. The maximum absolute atomic E-state index is 13.4. The lowest BCUT2D eigenvalue weighted by Crippen LogP contribution is -2.50.